The number of rotatable bonds is 2. The summed E-state index contributed by atoms with van der Waals surface area (Å²) in [7, 11) is 0. The monoisotopic (exact) mass is 328 g/mol. The normalized spacial score (nSPS) is 27.3. The number of hydrogen-bond acceptors (Lipinski definition) is 3. The Morgan fingerprint density at radius 2 is 1.71 bits per heavy atom. The summed E-state index contributed by atoms with van der Waals surface area (Å²) in [5.74, 6) is 0.961. The molecule has 1 atom stereocenters. The first-order valence-electron chi connectivity index (χ1n) is 9.48. The minimum absolute atomic E-state index is 0.0166. The molecule has 1 aromatic rings. The second-order valence-corrected chi connectivity index (χ2v) is 7.98. The van der Waals surface area contributed by atoms with Crippen molar-refractivity contribution in [2.45, 2.75) is 81.4 Å². The zero-order valence-electron chi connectivity index (χ0n) is 14.4. The maximum atomic E-state index is 12.9. The van der Waals surface area contributed by atoms with Gasteiger partial charge in [0.2, 0.25) is 5.91 Å². The molecular formula is C20H28N2O2. The summed E-state index contributed by atoms with van der Waals surface area (Å²) in [4.78, 5) is 12.9. The number of benzene rings is 1. The molecular weight excluding hydrogens is 300 g/mol. The van der Waals surface area contributed by atoms with Gasteiger partial charge in [-0.15, -0.1) is 0 Å². The lowest BCUT2D eigenvalue weighted by Crippen LogP contribution is -2.56. The van der Waals surface area contributed by atoms with Gasteiger partial charge >= 0.3 is 0 Å². The molecule has 130 valence electrons. The zero-order valence-corrected chi connectivity index (χ0v) is 14.4. The van der Waals surface area contributed by atoms with Crippen LogP contribution in [0.4, 0.5) is 0 Å². The lowest BCUT2D eigenvalue weighted by atomic mass is 9.80. The van der Waals surface area contributed by atoms with Crippen LogP contribution in [0.2, 0.25) is 0 Å². The van der Waals surface area contributed by atoms with E-state index in [9.17, 15) is 4.79 Å². The van der Waals surface area contributed by atoms with Crippen molar-refractivity contribution >= 4 is 5.91 Å². The molecule has 1 spiro atoms. The fourth-order valence-corrected chi connectivity index (χ4v) is 4.78. The molecule has 1 aliphatic heterocycles. The lowest BCUT2D eigenvalue weighted by molar-refractivity contribution is -0.129. The van der Waals surface area contributed by atoms with Crippen LogP contribution in [0.5, 0.6) is 5.75 Å². The van der Waals surface area contributed by atoms with E-state index in [1.165, 1.54) is 19.3 Å². The quantitative estimate of drug-likeness (QED) is 0.872. The fourth-order valence-electron chi connectivity index (χ4n) is 4.78. The number of nitrogens with two attached hydrogens (primary N) is 1. The number of nitrogens with one attached hydrogen (secondary N) is 1. The molecule has 3 aliphatic rings. The van der Waals surface area contributed by atoms with E-state index in [0.29, 0.717) is 0 Å². The molecule has 0 bridgehead atoms. The first-order valence-corrected chi connectivity index (χ1v) is 9.48. The van der Waals surface area contributed by atoms with Crippen molar-refractivity contribution in [2.24, 2.45) is 5.73 Å². The Hall–Kier alpha value is -1.55. The Labute approximate surface area is 144 Å². The van der Waals surface area contributed by atoms with Crippen LogP contribution in [-0.2, 0) is 4.79 Å². The molecule has 4 nitrogen and oxygen atoms in total. The third-order valence-electron chi connectivity index (χ3n) is 6.22. The number of ether oxygens (including phenoxy) is 1. The van der Waals surface area contributed by atoms with Crippen molar-refractivity contribution in [1.29, 1.82) is 0 Å². The first kappa shape index (κ1) is 15.9. The molecule has 0 radical (unpaired) electrons. The summed E-state index contributed by atoms with van der Waals surface area (Å²) in [5.41, 5.74) is 6.76. The number of hydrogen-bond donors (Lipinski definition) is 2. The van der Waals surface area contributed by atoms with Gasteiger partial charge in [0, 0.05) is 12.0 Å². The van der Waals surface area contributed by atoms with Crippen LogP contribution >= 0.6 is 0 Å². The van der Waals surface area contributed by atoms with Crippen LogP contribution < -0.4 is 15.8 Å². The standard InChI is InChI=1S/C20H28N2O2/c21-20(12-4-1-5-13-20)18(23)22-16-14-19(10-6-7-11-19)24-17-9-3-2-8-15(16)17/h2-3,8-9,16H,1,4-7,10-14,21H2,(H,22,23). The van der Waals surface area contributed by atoms with Gasteiger partial charge < -0.3 is 15.8 Å². The second-order valence-electron chi connectivity index (χ2n) is 7.98. The molecule has 1 aromatic carbocycles. The van der Waals surface area contributed by atoms with Crippen LogP contribution in [0.15, 0.2) is 24.3 Å². The molecule has 2 fully saturated rings. The van der Waals surface area contributed by atoms with Crippen molar-refractivity contribution in [1.82, 2.24) is 5.32 Å². The van der Waals surface area contributed by atoms with Gasteiger partial charge in [0.15, 0.2) is 0 Å². The highest BCUT2D eigenvalue weighted by molar-refractivity contribution is 5.86. The number of carbonyl (C=O) groups excluding carboxylic acids is 1. The van der Waals surface area contributed by atoms with Crippen molar-refractivity contribution in [3.8, 4) is 5.75 Å². The Kier molecular flexibility index (Phi) is 4.03. The minimum atomic E-state index is -0.686. The number of carbonyl (C=O) groups is 1. The van der Waals surface area contributed by atoms with Crippen molar-refractivity contribution in [3.63, 3.8) is 0 Å². The molecule has 2 saturated carbocycles. The van der Waals surface area contributed by atoms with E-state index in [1.807, 2.05) is 18.2 Å². The average Bonchev–Trinajstić information content (AvgIpc) is 3.03. The van der Waals surface area contributed by atoms with Gasteiger partial charge in [-0.25, -0.2) is 0 Å². The number of para-hydroxylation sites is 1. The first-order chi connectivity index (χ1) is 11.6. The van der Waals surface area contributed by atoms with E-state index in [2.05, 4.69) is 11.4 Å². The van der Waals surface area contributed by atoms with Crippen molar-refractivity contribution < 1.29 is 9.53 Å². The highest BCUT2D eigenvalue weighted by atomic mass is 16.5. The van der Waals surface area contributed by atoms with Gasteiger partial charge in [-0.05, 0) is 44.6 Å². The maximum absolute atomic E-state index is 12.9. The van der Waals surface area contributed by atoms with E-state index < -0.39 is 5.54 Å². The molecule has 4 heteroatoms. The molecule has 24 heavy (non-hydrogen) atoms. The third-order valence-corrected chi connectivity index (χ3v) is 6.22. The average molecular weight is 328 g/mol. The second kappa shape index (κ2) is 6.07. The summed E-state index contributed by atoms with van der Waals surface area (Å²) in [6.07, 6.45) is 10.4. The van der Waals surface area contributed by atoms with Gasteiger partial charge in [0.25, 0.3) is 0 Å². The van der Waals surface area contributed by atoms with Crippen LogP contribution in [0, 0.1) is 0 Å². The number of amides is 1. The summed E-state index contributed by atoms with van der Waals surface area (Å²) in [6, 6.07) is 8.16. The van der Waals surface area contributed by atoms with E-state index in [-0.39, 0.29) is 17.6 Å². The van der Waals surface area contributed by atoms with Crippen LogP contribution in [0.25, 0.3) is 0 Å². The van der Waals surface area contributed by atoms with Gasteiger partial charge in [-0.1, -0.05) is 37.5 Å². The highest BCUT2D eigenvalue weighted by Gasteiger charge is 2.45. The van der Waals surface area contributed by atoms with Gasteiger partial charge in [0.1, 0.15) is 11.4 Å². The van der Waals surface area contributed by atoms with E-state index in [0.717, 1.165) is 56.3 Å². The van der Waals surface area contributed by atoms with Crippen LogP contribution in [0.3, 0.4) is 0 Å². The smallest absolute Gasteiger partial charge is 0.240 e. The minimum Gasteiger partial charge on any atom is -0.487 e. The van der Waals surface area contributed by atoms with Gasteiger partial charge in [0.05, 0.1) is 11.6 Å². The molecule has 1 heterocycles. The largest absolute Gasteiger partial charge is 0.487 e. The van der Waals surface area contributed by atoms with Crippen LogP contribution in [0.1, 0.15) is 75.8 Å². The molecule has 2 aliphatic carbocycles. The molecule has 1 unspecified atom stereocenters. The Morgan fingerprint density at radius 3 is 2.46 bits per heavy atom. The Bertz CT molecular complexity index is 616. The lowest BCUT2D eigenvalue weighted by Gasteiger charge is -2.41. The van der Waals surface area contributed by atoms with Crippen molar-refractivity contribution in [3.05, 3.63) is 29.8 Å². The fraction of sp³-hybridized carbons (Fsp3) is 0.650. The zero-order chi connectivity index (χ0) is 16.6. The van der Waals surface area contributed by atoms with E-state index in [4.69, 9.17) is 10.5 Å². The number of fused-ring (bicyclic) bond motifs is 1. The van der Waals surface area contributed by atoms with Gasteiger partial charge in [-0.2, -0.15) is 0 Å². The van der Waals surface area contributed by atoms with Gasteiger partial charge in [-0.3, -0.25) is 4.79 Å². The molecule has 4 rings (SSSR count). The maximum Gasteiger partial charge on any atom is 0.240 e. The molecule has 0 saturated heterocycles. The predicted molar refractivity (Wildman–Crippen MR) is 93.8 cm³/mol. The molecule has 3 N–H and O–H groups in total. The topological polar surface area (TPSA) is 64.4 Å². The van der Waals surface area contributed by atoms with Crippen LogP contribution in [-0.4, -0.2) is 17.0 Å². The summed E-state index contributed by atoms with van der Waals surface area (Å²) in [5, 5.41) is 3.29. The van der Waals surface area contributed by atoms with Crippen molar-refractivity contribution in [2.75, 3.05) is 0 Å². The predicted octanol–water partition coefficient (Wildman–Crippen LogP) is 3.60. The summed E-state index contributed by atoms with van der Waals surface area (Å²) >= 11 is 0. The van der Waals surface area contributed by atoms with E-state index >= 15 is 0 Å². The third kappa shape index (κ3) is 2.81. The Balaban J connectivity index is 1.58. The summed E-state index contributed by atoms with van der Waals surface area (Å²) < 4.78 is 6.38. The highest BCUT2D eigenvalue weighted by Crippen LogP contribution is 2.47. The summed E-state index contributed by atoms with van der Waals surface area (Å²) in [6.45, 7) is 0. The Morgan fingerprint density at radius 1 is 1.04 bits per heavy atom. The molecule has 0 aromatic heterocycles. The SMILES string of the molecule is NC1(C(=O)NC2CC3(CCCC3)Oc3ccccc32)CCCCC1. The van der Waals surface area contributed by atoms with E-state index in [1.54, 1.807) is 0 Å². The molecule has 1 amide bonds.